The van der Waals surface area contributed by atoms with Crippen LogP contribution in [0.3, 0.4) is 0 Å². The maximum Gasteiger partial charge on any atom is 0.211 e. The van der Waals surface area contributed by atoms with Crippen LogP contribution < -0.4 is 4.18 Å². The van der Waals surface area contributed by atoms with Crippen LogP contribution in [0.4, 0.5) is 0 Å². The molecule has 0 bridgehead atoms. The Morgan fingerprint density at radius 3 is 3.18 bits per heavy atom. The molecule has 58 valence electrons. The molecule has 1 atom stereocenters. The molecule has 0 fully saturated rings. The molecule has 1 aliphatic rings. The standard InChI is InChI=1S/C8H8O2S/c1-6-2-3-8-7(4-6)5-11(9)10-8/h2-4H,5H2,1H3. The molecule has 1 aromatic carbocycles. The van der Waals surface area contributed by atoms with Gasteiger partial charge in [-0.05, 0) is 13.0 Å². The van der Waals surface area contributed by atoms with Crippen molar-refractivity contribution < 1.29 is 8.39 Å². The molecule has 0 aromatic heterocycles. The molecule has 0 saturated heterocycles. The van der Waals surface area contributed by atoms with E-state index in [0.717, 1.165) is 11.3 Å². The summed E-state index contributed by atoms with van der Waals surface area (Å²) in [6, 6.07) is 5.84. The molecular weight excluding hydrogens is 160 g/mol. The Morgan fingerprint density at radius 2 is 2.36 bits per heavy atom. The van der Waals surface area contributed by atoms with Crippen molar-refractivity contribution in [3.05, 3.63) is 29.3 Å². The third-order valence-electron chi connectivity index (χ3n) is 1.67. The van der Waals surface area contributed by atoms with Crippen LogP contribution in [0.15, 0.2) is 18.2 Å². The highest BCUT2D eigenvalue weighted by Gasteiger charge is 2.18. The lowest BCUT2D eigenvalue weighted by atomic mass is 10.1. The number of benzene rings is 1. The third-order valence-corrected chi connectivity index (χ3v) is 2.58. The normalized spacial score (nSPS) is 21.0. The molecule has 0 saturated carbocycles. The number of fused-ring (bicyclic) bond motifs is 1. The van der Waals surface area contributed by atoms with Gasteiger partial charge in [-0.3, -0.25) is 0 Å². The van der Waals surface area contributed by atoms with Gasteiger partial charge in [0.05, 0.1) is 5.75 Å². The summed E-state index contributed by atoms with van der Waals surface area (Å²) < 4.78 is 15.9. The minimum atomic E-state index is -1.13. The van der Waals surface area contributed by atoms with Crippen molar-refractivity contribution in [3.63, 3.8) is 0 Å². The number of aryl methyl sites for hydroxylation is 1. The van der Waals surface area contributed by atoms with E-state index in [0.29, 0.717) is 5.75 Å². The van der Waals surface area contributed by atoms with Gasteiger partial charge in [0.25, 0.3) is 0 Å². The topological polar surface area (TPSA) is 26.3 Å². The monoisotopic (exact) mass is 168 g/mol. The van der Waals surface area contributed by atoms with Crippen molar-refractivity contribution in [3.8, 4) is 5.75 Å². The van der Waals surface area contributed by atoms with Crippen molar-refractivity contribution >= 4 is 11.1 Å². The largest absolute Gasteiger partial charge is 0.400 e. The minimum Gasteiger partial charge on any atom is -0.400 e. The zero-order chi connectivity index (χ0) is 7.84. The summed E-state index contributed by atoms with van der Waals surface area (Å²) in [7, 11) is 0. The fourth-order valence-electron chi connectivity index (χ4n) is 1.16. The van der Waals surface area contributed by atoms with E-state index in [-0.39, 0.29) is 0 Å². The summed E-state index contributed by atoms with van der Waals surface area (Å²) in [4.78, 5) is 0. The summed E-state index contributed by atoms with van der Waals surface area (Å²) in [5, 5.41) is 0. The Balaban J connectivity index is 2.51. The van der Waals surface area contributed by atoms with Gasteiger partial charge < -0.3 is 4.18 Å². The Labute approximate surface area is 67.9 Å². The zero-order valence-electron chi connectivity index (χ0n) is 6.16. The number of rotatable bonds is 0. The Bertz CT molecular complexity index is 320. The Kier molecular flexibility index (Phi) is 1.46. The van der Waals surface area contributed by atoms with Crippen LogP contribution in [0.25, 0.3) is 0 Å². The summed E-state index contributed by atoms with van der Waals surface area (Å²) in [5.74, 6) is 1.31. The van der Waals surface area contributed by atoms with Gasteiger partial charge in [-0.25, -0.2) is 4.21 Å². The lowest BCUT2D eigenvalue weighted by Crippen LogP contribution is -1.90. The van der Waals surface area contributed by atoms with E-state index in [1.165, 1.54) is 5.56 Å². The zero-order valence-corrected chi connectivity index (χ0v) is 6.98. The Morgan fingerprint density at radius 1 is 1.55 bits per heavy atom. The van der Waals surface area contributed by atoms with E-state index in [1.807, 2.05) is 25.1 Å². The molecule has 0 aliphatic carbocycles. The number of hydrogen-bond acceptors (Lipinski definition) is 2. The lowest BCUT2D eigenvalue weighted by Gasteiger charge is -1.95. The fraction of sp³-hybridized carbons (Fsp3) is 0.250. The smallest absolute Gasteiger partial charge is 0.211 e. The predicted molar refractivity (Wildman–Crippen MR) is 43.7 cm³/mol. The molecule has 0 spiro atoms. The van der Waals surface area contributed by atoms with Crippen molar-refractivity contribution in [1.29, 1.82) is 0 Å². The first-order valence-corrected chi connectivity index (χ1v) is 4.66. The van der Waals surface area contributed by atoms with E-state index in [4.69, 9.17) is 4.18 Å². The first-order valence-electron chi connectivity index (χ1n) is 3.42. The SMILES string of the molecule is Cc1ccc2c(c1)CS(=O)O2. The molecule has 1 aliphatic heterocycles. The van der Waals surface area contributed by atoms with Crippen LogP contribution in [0.5, 0.6) is 5.75 Å². The van der Waals surface area contributed by atoms with Crippen LogP contribution in [0.1, 0.15) is 11.1 Å². The van der Waals surface area contributed by atoms with Gasteiger partial charge in [-0.1, -0.05) is 17.7 Å². The second-order valence-corrected chi connectivity index (χ2v) is 3.71. The van der Waals surface area contributed by atoms with Gasteiger partial charge in [0.1, 0.15) is 5.75 Å². The molecule has 0 radical (unpaired) electrons. The van der Waals surface area contributed by atoms with Crippen molar-refractivity contribution in [2.75, 3.05) is 0 Å². The van der Waals surface area contributed by atoms with Crippen LogP contribution in [-0.4, -0.2) is 4.21 Å². The second kappa shape index (κ2) is 2.34. The van der Waals surface area contributed by atoms with Gasteiger partial charge >= 0.3 is 0 Å². The minimum absolute atomic E-state index is 0.539. The maximum absolute atomic E-state index is 10.9. The van der Waals surface area contributed by atoms with Crippen molar-refractivity contribution in [1.82, 2.24) is 0 Å². The van der Waals surface area contributed by atoms with E-state index in [1.54, 1.807) is 0 Å². The number of hydrogen-bond donors (Lipinski definition) is 0. The predicted octanol–water partition coefficient (Wildman–Crippen LogP) is 1.55. The first kappa shape index (κ1) is 6.85. The molecule has 2 nitrogen and oxygen atoms in total. The van der Waals surface area contributed by atoms with Crippen LogP contribution in [-0.2, 0) is 16.8 Å². The molecule has 0 N–H and O–H groups in total. The van der Waals surface area contributed by atoms with Crippen molar-refractivity contribution in [2.24, 2.45) is 0 Å². The van der Waals surface area contributed by atoms with Gasteiger partial charge in [0.2, 0.25) is 11.1 Å². The van der Waals surface area contributed by atoms with Gasteiger partial charge in [0.15, 0.2) is 0 Å². The summed E-state index contributed by atoms with van der Waals surface area (Å²) in [6.07, 6.45) is 0. The van der Waals surface area contributed by atoms with Crippen LogP contribution >= 0.6 is 0 Å². The highest BCUT2D eigenvalue weighted by molar-refractivity contribution is 7.80. The van der Waals surface area contributed by atoms with Gasteiger partial charge in [-0.15, -0.1) is 0 Å². The van der Waals surface area contributed by atoms with Crippen LogP contribution in [0, 0.1) is 6.92 Å². The van der Waals surface area contributed by atoms with Gasteiger partial charge in [0, 0.05) is 5.56 Å². The Hall–Kier alpha value is -0.830. The summed E-state index contributed by atoms with van der Waals surface area (Å²) in [6.45, 7) is 2.02. The van der Waals surface area contributed by atoms with Crippen molar-refractivity contribution in [2.45, 2.75) is 12.7 Å². The molecular formula is C8H8O2S. The van der Waals surface area contributed by atoms with Gasteiger partial charge in [-0.2, -0.15) is 0 Å². The van der Waals surface area contributed by atoms with E-state index < -0.39 is 11.1 Å². The third kappa shape index (κ3) is 1.16. The summed E-state index contributed by atoms with van der Waals surface area (Å²) >= 11 is -1.13. The molecule has 11 heavy (non-hydrogen) atoms. The molecule has 1 aromatic rings. The quantitative estimate of drug-likeness (QED) is 0.587. The molecule has 0 amide bonds. The second-order valence-electron chi connectivity index (χ2n) is 2.64. The maximum atomic E-state index is 10.9. The molecule has 3 heteroatoms. The first-order chi connectivity index (χ1) is 5.25. The average molecular weight is 168 g/mol. The van der Waals surface area contributed by atoms with E-state index in [9.17, 15) is 4.21 Å². The highest BCUT2D eigenvalue weighted by atomic mass is 32.2. The average Bonchev–Trinajstić information content (AvgIpc) is 2.27. The molecule has 2 rings (SSSR count). The molecule has 1 heterocycles. The molecule has 1 unspecified atom stereocenters. The lowest BCUT2D eigenvalue weighted by molar-refractivity contribution is 0.577. The summed E-state index contributed by atoms with van der Waals surface area (Å²) in [5.41, 5.74) is 2.24. The van der Waals surface area contributed by atoms with E-state index in [2.05, 4.69) is 0 Å². The highest BCUT2D eigenvalue weighted by Crippen LogP contribution is 2.28. The van der Waals surface area contributed by atoms with Crippen LogP contribution in [0.2, 0.25) is 0 Å². The van der Waals surface area contributed by atoms with E-state index >= 15 is 0 Å². The fourth-order valence-corrected chi connectivity index (χ4v) is 2.06.